The normalized spacial score (nSPS) is 23.4. The van der Waals surface area contributed by atoms with E-state index in [-0.39, 0.29) is 0 Å². The summed E-state index contributed by atoms with van der Waals surface area (Å²) in [6, 6.07) is 6.38. The van der Waals surface area contributed by atoms with E-state index in [0.717, 1.165) is 0 Å². The van der Waals surface area contributed by atoms with Crippen LogP contribution in [0.25, 0.3) is 0 Å². The average molecular weight is 252 g/mol. The van der Waals surface area contributed by atoms with Gasteiger partial charge in [-0.15, -0.1) is 11.3 Å². The molecule has 2 unspecified atom stereocenters. The smallest absolute Gasteiger partial charge is 0.0209 e. The maximum atomic E-state index is 3.65. The molecule has 0 aromatic carbocycles. The third-order valence-electron chi connectivity index (χ3n) is 3.49. The Morgan fingerprint density at radius 3 is 2.94 bits per heavy atom. The molecular formula is C14H24N2S. The number of nitrogens with one attached hydrogen (secondary N) is 1. The minimum absolute atomic E-state index is 0.604. The maximum absolute atomic E-state index is 3.65. The second-order valence-electron chi connectivity index (χ2n) is 5.43. The van der Waals surface area contributed by atoms with Gasteiger partial charge in [-0.25, -0.2) is 0 Å². The second kappa shape index (κ2) is 5.98. The molecule has 1 fully saturated rings. The summed E-state index contributed by atoms with van der Waals surface area (Å²) in [7, 11) is 0. The van der Waals surface area contributed by atoms with Crippen molar-refractivity contribution >= 4 is 11.3 Å². The molecule has 1 aromatic heterocycles. The molecule has 1 saturated heterocycles. The van der Waals surface area contributed by atoms with Gasteiger partial charge in [-0.05, 0) is 31.2 Å². The predicted molar refractivity (Wildman–Crippen MR) is 75.7 cm³/mol. The molecule has 1 N–H and O–H groups in total. The lowest BCUT2D eigenvalue weighted by atomic mass is 10.2. The lowest BCUT2D eigenvalue weighted by Gasteiger charge is -2.24. The van der Waals surface area contributed by atoms with Gasteiger partial charge < -0.3 is 5.32 Å². The fourth-order valence-electron chi connectivity index (χ4n) is 2.64. The summed E-state index contributed by atoms with van der Waals surface area (Å²) >= 11 is 1.88. The number of thiophene rings is 1. The zero-order chi connectivity index (χ0) is 12.3. The van der Waals surface area contributed by atoms with E-state index in [0.29, 0.717) is 18.1 Å². The largest absolute Gasteiger partial charge is 0.310 e. The van der Waals surface area contributed by atoms with E-state index in [1.807, 2.05) is 11.3 Å². The molecule has 0 saturated carbocycles. The zero-order valence-corrected chi connectivity index (χ0v) is 12.0. The van der Waals surface area contributed by atoms with Crippen LogP contribution in [-0.2, 0) is 6.42 Å². The van der Waals surface area contributed by atoms with Crippen molar-refractivity contribution in [1.82, 2.24) is 10.2 Å². The Kier molecular flexibility index (Phi) is 4.60. The molecule has 96 valence electrons. The van der Waals surface area contributed by atoms with Gasteiger partial charge in [0.25, 0.3) is 0 Å². The third-order valence-corrected chi connectivity index (χ3v) is 4.39. The van der Waals surface area contributed by atoms with E-state index < -0.39 is 0 Å². The van der Waals surface area contributed by atoms with Crippen LogP contribution in [0.5, 0.6) is 0 Å². The molecule has 1 aromatic rings. The van der Waals surface area contributed by atoms with Crippen molar-refractivity contribution in [3.05, 3.63) is 22.4 Å². The maximum Gasteiger partial charge on any atom is 0.0209 e. The number of rotatable bonds is 5. The minimum atomic E-state index is 0.604. The molecule has 0 bridgehead atoms. The molecule has 0 spiro atoms. The molecular weight excluding hydrogens is 228 g/mol. The monoisotopic (exact) mass is 252 g/mol. The highest BCUT2D eigenvalue weighted by molar-refractivity contribution is 7.09. The van der Waals surface area contributed by atoms with Crippen LogP contribution in [0.3, 0.4) is 0 Å². The molecule has 17 heavy (non-hydrogen) atoms. The Bertz CT molecular complexity index is 321. The van der Waals surface area contributed by atoms with Crippen molar-refractivity contribution in [2.24, 2.45) is 0 Å². The second-order valence-corrected chi connectivity index (χ2v) is 6.47. The molecule has 0 amide bonds. The minimum Gasteiger partial charge on any atom is -0.310 e. The topological polar surface area (TPSA) is 15.3 Å². The van der Waals surface area contributed by atoms with Gasteiger partial charge in [0, 0.05) is 36.1 Å². The summed E-state index contributed by atoms with van der Waals surface area (Å²) in [6.07, 6.45) is 2.50. The van der Waals surface area contributed by atoms with Crippen molar-refractivity contribution in [2.75, 3.05) is 13.1 Å². The summed E-state index contributed by atoms with van der Waals surface area (Å²) in [5.41, 5.74) is 0. The van der Waals surface area contributed by atoms with Gasteiger partial charge in [0.05, 0.1) is 0 Å². The summed E-state index contributed by atoms with van der Waals surface area (Å²) in [6.45, 7) is 9.29. The molecule has 2 rings (SSSR count). The number of hydrogen-bond donors (Lipinski definition) is 1. The Hall–Kier alpha value is -0.380. The molecule has 0 aliphatic carbocycles. The molecule has 2 heterocycles. The van der Waals surface area contributed by atoms with Crippen molar-refractivity contribution < 1.29 is 0 Å². The van der Waals surface area contributed by atoms with Crippen LogP contribution in [0, 0.1) is 0 Å². The van der Waals surface area contributed by atoms with E-state index in [9.17, 15) is 0 Å². The van der Waals surface area contributed by atoms with Crippen molar-refractivity contribution in [2.45, 2.75) is 51.7 Å². The summed E-state index contributed by atoms with van der Waals surface area (Å²) in [5.74, 6) is 0. The average Bonchev–Trinajstić information content (AvgIpc) is 2.87. The fourth-order valence-corrected chi connectivity index (χ4v) is 3.47. The van der Waals surface area contributed by atoms with Crippen LogP contribution in [0.2, 0.25) is 0 Å². The Morgan fingerprint density at radius 1 is 1.47 bits per heavy atom. The SMILES string of the molecule is CC(C)NC1CCN(C(C)Cc2cccs2)C1. The van der Waals surface area contributed by atoms with Gasteiger partial charge in [-0.2, -0.15) is 0 Å². The number of hydrogen-bond acceptors (Lipinski definition) is 3. The quantitative estimate of drug-likeness (QED) is 0.867. The first-order valence-electron chi connectivity index (χ1n) is 6.67. The van der Waals surface area contributed by atoms with Gasteiger partial charge >= 0.3 is 0 Å². The number of likely N-dealkylation sites (tertiary alicyclic amines) is 1. The highest BCUT2D eigenvalue weighted by Crippen LogP contribution is 2.18. The van der Waals surface area contributed by atoms with Gasteiger partial charge in [0.15, 0.2) is 0 Å². The highest BCUT2D eigenvalue weighted by Gasteiger charge is 2.26. The van der Waals surface area contributed by atoms with Gasteiger partial charge in [-0.1, -0.05) is 19.9 Å². The van der Waals surface area contributed by atoms with Crippen LogP contribution in [0.1, 0.15) is 32.1 Å². The highest BCUT2D eigenvalue weighted by atomic mass is 32.1. The van der Waals surface area contributed by atoms with Gasteiger partial charge in [0.2, 0.25) is 0 Å². The molecule has 1 aliphatic heterocycles. The van der Waals surface area contributed by atoms with Crippen LogP contribution < -0.4 is 5.32 Å². The first-order chi connectivity index (χ1) is 8.15. The van der Waals surface area contributed by atoms with E-state index in [1.54, 1.807) is 0 Å². The Balaban J connectivity index is 1.79. The molecule has 2 nitrogen and oxygen atoms in total. The molecule has 0 radical (unpaired) electrons. The van der Waals surface area contributed by atoms with E-state index in [2.05, 4.69) is 48.5 Å². The van der Waals surface area contributed by atoms with Crippen LogP contribution in [0.15, 0.2) is 17.5 Å². The summed E-state index contributed by atoms with van der Waals surface area (Å²) in [5, 5.41) is 5.82. The van der Waals surface area contributed by atoms with Crippen LogP contribution in [0.4, 0.5) is 0 Å². The van der Waals surface area contributed by atoms with E-state index in [4.69, 9.17) is 0 Å². The predicted octanol–water partition coefficient (Wildman–Crippen LogP) is 2.75. The van der Waals surface area contributed by atoms with E-state index >= 15 is 0 Å². The number of nitrogens with zero attached hydrogens (tertiary/aromatic N) is 1. The van der Waals surface area contributed by atoms with Crippen molar-refractivity contribution in [3.63, 3.8) is 0 Å². The zero-order valence-electron chi connectivity index (χ0n) is 11.1. The summed E-state index contributed by atoms with van der Waals surface area (Å²) < 4.78 is 0. The lowest BCUT2D eigenvalue weighted by molar-refractivity contribution is 0.250. The molecule has 1 aliphatic rings. The Labute approximate surface area is 109 Å². The van der Waals surface area contributed by atoms with Crippen molar-refractivity contribution in [1.29, 1.82) is 0 Å². The molecule has 2 atom stereocenters. The standard InChI is InChI=1S/C14H24N2S/c1-11(2)15-13-6-7-16(10-13)12(3)9-14-5-4-8-17-14/h4-5,8,11-13,15H,6-7,9-10H2,1-3H3. The van der Waals surface area contributed by atoms with Gasteiger partial charge in [-0.3, -0.25) is 4.90 Å². The first kappa shape index (κ1) is 13.1. The van der Waals surface area contributed by atoms with Crippen LogP contribution in [-0.4, -0.2) is 36.1 Å². The first-order valence-corrected chi connectivity index (χ1v) is 7.55. The fraction of sp³-hybridized carbons (Fsp3) is 0.714. The summed E-state index contributed by atoms with van der Waals surface area (Å²) in [4.78, 5) is 4.14. The van der Waals surface area contributed by atoms with Gasteiger partial charge in [0.1, 0.15) is 0 Å². The third kappa shape index (κ3) is 3.80. The van der Waals surface area contributed by atoms with Crippen LogP contribution >= 0.6 is 11.3 Å². The van der Waals surface area contributed by atoms with Crippen molar-refractivity contribution in [3.8, 4) is 0 Å². The van der Waals surface area contributed by atoms with E-state index in [1.165, 1.54) is 30.8 Å². The molecule has 3 heteroatoms. The lowest BCUT2D eigenvalue weighted by Crippen LogP contribution is -2.39. The Morgan fingerprint density at radius 2 is 2.29 bits per heavy atom.